The number of rotatable bonds is 4. The number of aliphatic hydroxyl groups excluding tert-OH is 1. The average molecular weight is 248 g/mol. The number of nitrogens with zero attached hydrogens (tertiary/aromatic N) is 2. The highest BCUT2D eigenvalue weighted by molar-refractivity contribution is 5.29. The molecule has 0 amide bonds. The van der Waals surface area contributed by atoms with Crippen LogP contribution in [0.5, 0.6) is 0 Å². The molecule has 1 fully saturated rings. The van der Waals surface area contributed by atoms with Crippen molar-refractivity contribution < 1.29 is 5.11 Å². The Morgan fingerprint density at radius 1 is 1.17 bits per heavy atom. The summed E-state index contributed by atoms with van der Waals surface area (Å²) < 4.78 is 0. The van der Waals surface area contributed by atoms with Gasteiger partial charge < -0.3 is 14.9 Å². The molecule has 1 N–H and O–H groups in total. The minimum Gasteiger partial charge on any atom is -0.396 e. The molecule has 2 rings (SSSR count). The quantitative estimate of drug-likeness (QED) is 0.870. The van der Waals surface area contributed by atoms with Crippen molar-refractivity contribution in [3.63, 3.8) is 0 Å². The Kier molecular flexibility index (Phi) is 4.75. The Labute approximate surface area is 110 Å². The van der Waals surface area contributed by atoms with Gasteiger partial charge in [0.15, 0.2) is 0 Å². The lowest BCUT2D eigenvalue weighted by Gasteiger charge is -2.34. The zero-order valence-electron chi connectivity index (χ0n) is 11.5. The van der Waals surface area contributed by atoms with Crippen LogP contribution >= 0.6 is 0 Å². The van der Waals surface area contributed by atoms with E-state index in [1.807, 2.05) is 0 Å². The van der Waals surface area contributed by atoms with E-state index >= 15 is 0 Å². The summed E-state index contributed by atoms with van der Waals surface area (Å²) in [6.45, 7) is 7.81. The Bertz CT molecular complexity index is 373. The molecule has 1 aliphatic rings. The zero-order valence-corrected chi connectivity index (χ0v) is 11.5. The number of likely N-dealkylation sites (N-methyl/N-ethyl adjacent to an activating group) is 1. The van der Waals surface area contributed by atoms with Gasteiger partial charge in [-0.3, -0.25) is 0 Å². The molecular formula is C15H24N2O. The van der Waals surface area contributed by atoms with Crippen LogP contribution in [0.3, 0.4) is 0 Å². The molecule has 18 heavy (non-hydrogen) atoms. The molecule has 1 aromatic carbocycles. The molecular weight excluding hydrogens is 224 g/mol. The first-order valence-electron chi connectivity index (χ1n) is 6.78. The summed E-state index contributed by atoms with van der Waals surface area (Å²) in [5, 5.41) is 9.65. The summed E-state index contributed by atoms with van der Waals surface area (Å²) in [5.74, 6) is 0.245. The highest BCUT2D eigenvalue weighted by atomic mass is 16.3. The van der Waals surface area contributed by atoms with Crippen LogP contribution in [0.25, 0.3) is 0 Å². The van der Waals surface area contributed by atoms with E-state index < -0.39 is 0 Å². The maximum absolute atomic E-state index is 9.65. The second-order valence-corrected chi connectivity index (χ2v) is 5.34. The van der Waals surface area contributed by atoms with E-state index in [9.17, 15) is 5.11 Å². The molecule has 1 atom stereocenters. The van der Waals surface area contributed by atoms with E-state index in [0.29, 0.717) is 0 Å². The number of piperazine rings is 1. The molecule has 100 valence electrons. The first-order valence-corrected chi connectivity index (χ1v) is 6.78. The normalized spacial score (nSPS) is 19.9. The summed E-state index contributed by atoms with van der Waals surface area (Å²) in [4.78, 5) is 4.82. The lowest BCUT2D eigenvalue weighted by atomic mass is 9.95. The van der Waals surface area contributed by atoms with Crippen LogP contribution in [0.15, 0.2) is 24.3 Å². The van der Waals surface area contributed by atoms with Crippen LogP contribution in [0, 0.1) is 6.92 Å². The molecule has 0 radical (unpaired) electrons. The molecule has 3 heteroatoms. The minimum atomic E-state index is 0.233. The van der Waals surface area contributed by atoms with Gasteiger partial charge in [-0.05, 0) is 25.1 Å². The Morgan fingerprint density at radius 3 is 2.44 bits per heavy atom. The monoisotopic (exact) mass is 248 g/mol. The third-order valence-corrected chi connectivity index (χ3v) is 3.92. The van der Waals surface area contributed by atoms with Crippen LogP contribution in [-0.2, 0) is 0 Å². The van der Waals surface area contributed by atoms with Gasteiger partial charge in [0.1, 0.15) is 0 Å². The van der Waals surface area contributed by atoms with Crippen molar-refractivity contribution in [3.05, 3.63) is 35.4 Å². The first kappa shape index (κ1) is 13.5. The fourth-order valence-corrected chi connectivity index (χ4v) is 2.64. The van der Waals surface area contributed by atoms with Gasteiger partial charge in [-0.1, -0.05) is 24.3 Å². The first-order chi connectivity index (χ1) is 8.70. The van der Waals surface area contributed by atoms with Crippen molar-refractivity contribution in [2.45, 2.75) is 12.8 Å². The molecule has 3 nitrogen and oxygen atoms in total. The molecule has 0 aromatic heterocycles. The predicted molar refractivity (Wildman–Crippen MR) is 74.9 cm³/mol. The standard InChI is InChI=1S/C15H24N2O/c1-13-5-3-4-6-15(13)14(12-18)11-17-9-7-16(2)8-10-17/h3-6,14,18H,7-12H2,1-2H3. The predicted octanol–water partition coefficient (Wildman–Crippen LogP) is 1.32. The number of hydrogen-bond donors (Lipinski definition) is 1. The average Bonchev–Trinajstić information content (AvgIpc) is 2.39. The second kappa shape index (κ2) is 6.32. The molecule has 1 heterocycles. The number of aliphatic hydroxyl groups is 1. The maximum Gasteiger partial charge on any atom is 0.0512 e. The van der Waals surface area contributed by atoms with Gasteiger partial charge in [-0.15, -0.1) is 0 Å². The summed E-state index contributed by atoms with van der Waals surface area (Å²) in [5.41, 5.74) is 2.57. The Hall–Kier alpha value is -0.900. The maximum atomic E-state index is 9.65. The van der Waals surface area contributed by atoms with Crippen LogP contribution in [0.2, 0.25) is 0 Å². The van der Waals surface area contributed by atoms with E-state index in [0.717, 1.165) is 32.7 Å². The summed E-state index contributed by atoms with van der Waals surface area (Å²) in [7, 11) is 2.17. The van der Waals surface area contributed by atoms with Crippen LogP contribution in [0.4, 0.5) is 0 Å². The Morgan fingerprint density at radius 2 is 1.83 bits per heavy atom. The molecule has 1 unspecified atom stereocenters. The fraction of sp³-hybridized carbons (Fsp3) is 0.600. The summed E-state index contributed by atoms with van der Waals surface area (Å²) >= 11 is 0. The number of hydrogen-bond acceptors (Lipinski definition) is 3. The molecule has 0 saturated carbocycles. The number of aryl methyl sites for hydroxylation is 1. The smallest absolute Gasteiger partial charge is 0.0512 e. The molecule has 1 aliphatic heterocycles. The van der Waals surface area contributed by atoms with Gasteiger partial charge >= 0.3 is 0 Å². The molecule has 0 bridgehead atoms. The van der Waals surface area contributed by atoms with Crippen molar-refractivity contribution >= 4 is 0 Å². The number of benzene rings is 1. The van der Waals surface area contributed by atoms with Gasteiger partial charge in [0.05, 0.1) is 6.61 Å². The van der Waals surface area contributed by atoms with Gasteiger partial charge in [0, 0.05) is 38.6 Å². The van der Waals surface area contributed by atoms with E-state index in [4.69, 9.17) is 0 Å². The van der Waals surface area contributed by atoms with Crippen molar-refractivity contribution in [2.75, 3.05) is 46.4 Å². The molecule has 0 spiro atoms. The van der Waals surface area contributed by atoms with Crippen LogP contribution in [-0.4, -0.2) is 61.3 Å². The Balaban J connectivity index is 1.99. The van der Waals surface area contributed by atoms with Crippen molar-refractivity contribution in [2.24, 2.45) is 0 Å². The van der Waals surface area contributed by atoms with Gasteiger partial charge in [-0.25, -0.2) is 0 Å². The SMILES string of the molecule is Cc1ccccc1C(CO)CN1CCN(C)CC1. The third-order valence-electron chi connectivity index (χ3n) is 3.92. The second-order valence-electron chi connectivity index (χ2n) is 5.34. The lowest BCUT2D eigenvalue weighted by Crippen LogP contribution is -2.46. The third kappa shape index (κ3) is 3.31. The minimum absolute atomic E-state index is 0.233. The van der Waals surface area contributed by atoms with Gasteiger partial charge in [0.25, 0.3) is 0 Å². The summed E-state index contributed by atoms with van der Waals surface area (Å²) in [6, 6.07) is 8.40. The zero-order chi connectivity index (χ0) is 13.0. The van der Waals surface area contributed by atoms with Gasteiger partial charge in [-0.2, -0.15) is 0 Å². The van der Waals surface area contributed by atoms with Gasteiger partial charge in [0.2, 0.25) is 0 Å². The van der Waals surface area contributed by atoms with Crippen LogP contribution in [0.1, 0.15) is 17.0 Å². The summed E-state index contributed by atoms with van der Waals surface area (Å²) in [6.07, 6.45) is 0. The van der Waals surface area contributed by atoms with E-state index in [2.05, 4.69) is 48.0 Å². The van der Waals surface area contributed by atoms with Crippen LogP contribution < -0.4 is 0 Å². The molecule has 1 aromatic rings. The topological polar surface area (TPSA) is 26.7 Å². The van der Waals surface area contributed by atoms with Crippen molar-refractivity contribution in [1.29, 1.82) is 0 Å². The van der Waals surface area contributed by atoms with Crippen molar-refractivity contribution in [3.8, 4) is 0 Å². The van der Waals surface area contributed by atoms with E-state index in [1.54, 1.807) is 0 Å². The highest BCUT2D eigenvalue weighted by Crippen LogP contribution is 2.21. The largest absolute Gasteiger partial charge is 0.396 e. The fourth-order valence-electron chi connectivity index (χ4n) is 2.64. The molecule has 0 aliphatic carbocycles. The van der Waals surface area contributed by atoms with Crippen molar-refractivity contribution in [1.82, 2.24) is 9.80 Å². The van der Waals surface area contributed by atoms with E-state index in [1.165, 1.54) is 11.1 Å². The lowest BCUT2D eigenvalue weighted by molar-refractivity contribution is 0.132. The highest BCUT2D eigenvalue weighted by Gasteiger charge is 2.19. The van der Waals surface area contributed by atoms with E-state index in [-0.39, 0.29) is 12.5 Å². The molecule has 1 saturated heterocycles.